The molecule has 0 heterocycles. The van der Waals surface area contributed by atoms with E-state index in [0.29, 0.717) is 11.1 Å². The standard InChI is InChI=1S/C15H11FN2O3/c1-8-2-3-9(7-17)4-13(8)21-14-5-10(15(19)20)12(18)6-11(14)16/h2-6H,18H2,1H3,(H,19,20). The van der Waals surface area contributed by atoms with Crippen molar-refractivity contribution in [2.75, 3.05) is 5.73 Å². The first-order chi connectivity index (χ1) is 9.92. The molecule has 21 heavy (non-hydrogen) atoms. The van der Waals surface area contributed by atoms with Crippen molar-refractivity contribution >= 4 is 11.7 Å². The quantitative estimate of drug-likeness (QED) is 0.845. The summed E-state index contributed by atoms with van der Waals surface area (Å²) >= 11 is 0. The van der Waals surface area contributed by atoms with Crippen molar-refractivity contribution in [2.45, 2.75) is 6.92 Å². The molecule has 0 amide bonds. The van der Waals surface area contributed by atoms with Gasteiger partial charge in [-0.15, -0.1) is 0 Å². The molecule has 2 rings (SSSR count). The van der Waals surface area contributed by atoms with Gasteiger partial charge in [0.25, 0.3) is 0 Å². The van der Waals surface area contributed by atoms with E-state index >= 15 is 0 Å². The van der Waals surface area contributed by atoms with E-state index < -0.39 is 11.8 Å². The molecule has 0 fully saturated rings. The van der Waals surface area contributed by atoms with Crippen molar-refractivity contribution in [3.05, 3.63) is 52.8 Å². The van der Waals surface area contributed by atoms with E-state index in [1.165, 1.54) is 6.07 Å². The Morgan fingerprint density at radius 3 is 2.67 bits per heavy atom. The first kappa shape index (κ1) is 14.3. The van der Waals surface area contributed by atoms with Gasteiger partial charge in [-0.3, -0.25) is 0 Å². The topological polar surface area (TPSA) is 96.3 Å². The number of nitriles is 1. The van der Waals surface area contributed by atoms with Gasteiger partial charge in [0.2, 0.25) is 0 Å². The van der Waals surface area contributed by atoms with Crippen LogP contribution in [0.1, 0.15) is 21.5 Å². The normalized spacial score (nSPS) is 9.95. The monoisotopic (exact) mass is 286 g/mol. The number of hydrogen-bond acceptors (Lipinski definition) is 4. The molecule has 5 nitrogen and oxygen atoms in total. The summed E-state index contributed by atoms with van der Waals surface area (Å²) < 4.78 is 19.2. The maximum Gasteiger partial charge on any atom is 0.337 e. The third kappa shape index (κ3) is 2.92. The smallest absolute Gasteiger partial charge is 0.337 e. The summed E-state index contributed by atoms with van der Waals surface area (Å²) in [5, 5.41) is 17.8. The molecule has 106 valence electrons. The summed E-state index contributed by atoms with van der Waals surface area (Å²) in [7, 11) is 0. The van der Waals surface area contributed by atoms with E-state index in [0.717, 1.165) is 12.1 Å². The molecule has 0 radical (unpaired) electrons. The van der Waals surface area contributed by atoms with Gasteiger partial charge in [0.05, 0.1) is 17.2 Å². The van der Waals surface area contributed by atoms with Crippen molar-refractivity contribution in [1.29, 1.82) is 5.26 Å². The molecule has 0 spiro atoms. The predicted molar refractivity (Wildman–Crippen MR) is 73.7 cm³/mol. The van der Waals surface area contributed by atoms with Crippen LogP contribution in [0.4, 0.5) is 10.1 Å². The number of benzene rings is 2. The number of halogens is 1. The lowest BCUT2D eigenvalue weighted by atomic mass is 10.1. The minimum atomic E-state index is -1.28. The zero-order valence-electron chi connectivity index (χ0n) is 11.1. The average Bonchev–Trinajstić information content (AvgIpc) is 2.43. The summed E-state index contributed by atoms with van der Waals surface area (Å²) in [6.07, 6.45) is 0. The van der Waals surface area contributed by atoms with E-state index in [2.05, 4.69) is 0 Å². The largest absolute Gasteiger partial charge is 0.478 e. The molecule has 0 bridgehead atoms. The van der Waals surface area contributed by atoms with Crippen molar-refractivity contribution in [3.8, 4) is 17.6 Å². The third-order valence-corrected chi connectivity index (χ3v) is 2.87. The summed E-state index contributed by atoms with van der Waals surface area (Å²) in [5.41, 5.74) is 6.04. The van der Waals surface area contributed by atoms with E-state index in [9.17, 15) is 9.18 Å². The van der Waals surface area contributed by atoms with Gasteiger partial charge in [0.1, 0.15) is 5.75 Å². The van der Waals surface area contributed by atoms with Crippen molar-refractivity contribution in [3.63, 3.8) is 0 Å². The Bertz CT molecular complexity index is 766. The number of nitrogen functional groups attached to an aromatic ring is 1. The molecule has 0 saturated carbocycles. The zero-order valence-corrected chi connectivity index (χ0v) is 11.1. The SMILES string of the molecule is Cc1ccc(C#N)cc1Oc1cc(C(=O)O)c(N)cc1F. The van der Waals surface area contributed by atoms with Gasteiger partial charge in [-0.1, -0.05) is 6.07 Å². The Morgan fingerprint density at radius 2 is 2.05 bits per heavy atom. The second-order valence-corrected chi connectivity index (χ2v) is 4.37. The molecule has 0 aliphatic carbocycles. The summed E-state index contributed by atoms with van der Waals surface area (Å²) in [5.74, 6) is -2.05. The van der Waals surface area contributed by atoms with Crippen molar-refractivity contribution in [1.82, 2.24) is 0 Å². The van der Waals surface area contributed by atoms with Crippen LogP contribution in [0.15, 0.2) is 30.3 Å². The summed E-state index contributed by atoms with van der Waals surface area (Å²) in [4.78, 5) is 11.0. The van der Waals surface area contributed by atoms with Crippen LogP contribution < -0.4 is 10.5 Å². The van der Waals surface area contributed by atoms with E-state index in [1.54, 1.807) is 19.1 Å². The predicted octanol–water partition coefficient (Wildman–Crippen LogP) is 3.08. The number of ether oxygens (including phenoxy) is 1. The van der Waals surface area contributed by atoms with Crippen LogP contribution in [0.5, 0.6) is 11.5 Å². The van der Waals surface area contributed by atoms with Crippen molar-refractivity contribution < 1.29 is 19.0 Å². The third-order valence-electron chi connectivity index (χ3n) is 2.87. The van der Waals surface area contributed by atoms with Gasteiger partial charge in [-0.2, -0.15) is 5.26 Å². The second kappa shape index (κ2) is 5.51. The minimum Gasteiger partial charge on any atom is -0.478 e. The number of aryl methyl sites for hydroxylation is 1. The van der Waals surface area contributed by atoms with Crippen LogP contribution in [0.25, 0.3) is 0 Å². The van der Waals surface area contributed by atoms with Gasteiger partial charge in [0, 0.05) is 17.8 Å². The number of nitrogens with two attached hydrogens (primary N) is 1. The molecule has 2 aromatic carbocycles. The van der Waals surface area contributed by atoms with Gasteiger partial charge < -0.3 is 15.6 Å². The molecule has 0 aromatic heterocycles. The lowest BCUT2D eigenvalue weighted by Crippen LogP contribution is -2.04. The number of aromatic carboxylic acids is 1. The van der Waals surface area contributed by atoms with Crippen LogP contribution in [0.2, 0.25) is 0 Å². The number of rotatable bonds is 3. The van der Waals surface area contributed by atoms with Gasteiger partial charge in [0.15, 0.2) is 11.6 Å². The number of carboxylic acids is 1. The maximum absolute atomic E-state index is 13.8. The lowest BCUT2D eigenvalue weighted by Gasteiger charge is -2.11. The zero-order chi connectivity index (χ0) is 15.6. The number of nitrogens with zero attached hydrogens (tertiary/aromatic N) is 1. The Hall–Kier alpha value is -3.07. The molecule has 0 unspecified atom stereocenters. The number of carbonyl (C=O) groups is 1. The number of anilines is 1. The highest BCUT2D eigenvalue weighted by Crippen LogP contribution is 2.31. The van der Waals surface area contributed by atoms with Gasteiger partial charge in [-0.25, -0.2) is 9.18 Å². The molecular weight excluding hydrogens is 275 g/mol. The van der Waals surface area contributed by atoms with Crippen molar-refractivity contribution in [2.24, 2.45) is 0 Å². The van der Waals surface area contributed by atoms with Crippen LogP contribution in [-0.2, 0) is 0 Å². The Kier molecular flexibility index (Phi) is 3.76. The fourth-order valence-corrected chi connectivity index (χ4v) is 1.73. The number of carboxylic acid groups (broad SMARTS) is 1. The van der Waals surface area contributed by atoms with E-state index in [-0.39, 0.29) is 22.7 Å². The highest BCUT2D eigenvalue weighted by atomic mass is 19.1. The molecular formula is C15H11FN2O3. The molecule has 0 atom stereocenters. The molecule has 0 aliphatic rings. The maximum atomic E-state index is 13.8. The lowest BCUT2D eigenvalue weighted by molar-refractivity contribution is 0.0697. The molecule has 3 N–H and O–H groups in total. The highest BCUT2D eigenvalue weighted by molar-refractivity contribution is 5.94. The first-order valence-electron chi connectivity index (χ1n) is 5.93. The molecule has 0 saturated heterocycles. The highest BCUT2D eigenvalue weighted by Gasteiger charge is 2.15. The average molecular weight is 286 g/mol. The fraction of sp³-hybridized carbons (Fsp3) is 0.0667. The first-order valence-corrected chi connectivity index (χ1v) is 5.93. The Morgan fingerprint density at radius 1 is 1.33 bits per heavy atom. The van der Waals surface area contributed by atoms with E-state index in [4.69, 9.17) is 20.8 Å². The Labute approximate surface area is 120 Å². The number of hydrogen-bond donors (Lipinski definition) is 2. The summed E-state index contributed by atoms with van der Waals surface area (Å²) in [6, 6.07) is 8.56. The molecule has 6 heteroatoms. The van der Waals surface area contributed by atoms with Gasteiger partial charge in [-0.05, 0) is 24.6 Å². The van der Waals surface area contributed by atoms with Crippen LogP contribution >= 0.6 is 0 Å². The van der Waals surface area contributed by atoms with E-state index in [1.807, 2.05) is 6.07 Å². The fourth-order valence-electron chi connectivity index (χ4n) is 1.73. The molecule has 0 aliphatic heterocycles. The van der Waals surface area contributed by atoms with Crippen LogP contribution in [-0.4, -0.2) is 11.1 Å². The van der Waals surface area contributed by atoms with Gasteiger partial charge >= 0.3 is 5.97 Å². The summed E-state index contributed by atoms with van der Waals surface area (Å²) in [6.45, 7) is 1.73. The van der Waals surface area contributed by atoms with Crippen LogP contribution in [0, 0.1) is 24.1 Å². The minimum absolute atomic E-state index is 0.185. The Balaban J connectivity index is 2.47. The second-order valence-electron chi connectivity index (χ2n) is 4.37. The molecule has 2 aromatic rings. The van der Waals surface area contributed by atoms with Crippen LogP contribution in [0.3, 0.4) is 0 Å².